The molecule has 2 atom stereocenters. The Morgan fingerprint density at radius 3 is 2.73 bits per heavy atom. The van der Waals surface area contributed by atoms with Crippen molar-refractivity contribution in [1.29, 1.82) is 0 Å². The Morgan fingerprint density at radius 2 is 2.07 bits per heavy atom. The Balaban J connectivity index is 1.54. The van der Waals surface area contributed by atoms with Gasteiger partial charge >= 0.3 is 0 Å². The van der Waals surface area contributed by atoms with Gasteiger partial charge in [-0.1, -0.05) is 30.3 Å². The van der Waals surface area contributed by atoms with Crippen molar-refractivity contribution in [3.63, 3.8) is 0 Å². The normalized spacial score (nSPS) is 24.0. The van der Waals surface area contributed by atoms with Crippen LogP contribution >= 0.6 is 11.3 Å². The van der Waals surface area contributed by atoms with E-state index < -0.39 is 5.60 Å². The molecule has 7 heteroatoms. The van der Waals surface area contributed by atoms with Gasteiger partial charge in [-0.25, -0.2) is 0 Å². The zero-order valence-electron chi connectivity index (χ0n) is 17.3. The number of likely N-dealkylation sites (N-methyl/N-ethyl adjacent to an activating group) is 1. The molecule has 2 fully saturated rings. The largest absolute Gasteiger partial charge is 0.368 e. The Kier molecular flexibility index (Phi) is 6.51. The fourth-order valence-electron chi connectivity index (χ4n) is 4.15. The first-order chi connectivity index (χ1) is 14.6. The van der Waals surface area contributed by atoms with Crippen LogP contribution in [0.25, 0.3) is 10.4 Å². The molecule has 0 spiro atoms. The fourth-order valence-corrected chi connectivity index (χ4v) is 4.89. The second-order valence-corrected chi connectivity index (χ2v) is 8.76. The number of carbonyl (C=O) groups excluding carboxylic acids is 2. The predicted molar refractivity (Wildman–Crippen MR) is 116 cm³/mol. The summed E-state index contributed by atoms with van der Waals surface area (Å²) in [5, 5.41) is 4.97. The summed E-state index contributed by atoms with van der Waals surface area (Å²) in [7, 11) is 0. The molecule has 2 amide bonds. The fraction of sp³-hybridized carbons (Fsp3) is 0.478. The van der Waals surface area contributed by atoms with Crippen molar-refractivity contribution in [1.82, 2.24) is 10.2 Å². The molecule has 2 aliphatic rings. The van der Waals surface area contributed by atoms with Gasteiger partial charge in [0.25, 0.3) is 11.8 Å². The van der Waals surface area contributed by atoms with Gasteiger partial charge in [-0.05, 0) is 42.3 Å². The molecule has 0 radical (unpaired) electrons. The van der Waals surface area contributed by atoms with Crippen LogP contribution < -0.4 is 5.32 Å². The van der Waals surface area contributed by atoms with Crippen LogP contribution in [-0.2, 0) is 25.5 Å². The summed E-state index contributed by atoms with van der Waals surface area (Å²) < 4.78 is 11.7. The highest BCUT2D eigenvalue weighted by Crippen LogP contribution is 2.29. The van der Waals surface area contributed by atoms with Gasteiger partial charge in [-0.3, -0.25) is 9.59 Å². The summed E-state index contributed by atoms with van der Waals surface area (Å²) in [6, 6.07) is 12.4. The summed E-state index contributed by atoms with van der Waals surface area (Å²) in [4.78, 5) is 28.9. The zero-order chi connectivity index (χ0) is 21.0. The average Bonchev–Trinajstić information content (AvgIpc) is 3.48. The van der Waals surface area contributed by atoms with Gasteiger partial charge < -0.3 is 19.7 Å². The summed E-state index contributed by atoms with van der Waals surface area (Å²) in [5.41, 5.74) is 1.07. The number of carbonyl (C=O) groups is 2. The predicted octanol–water partition coefficient (Wildman–Crippen LogP) is 2.87. The molecule has 2 unspecified atom stereocenters. The minimum atomic E-state index is -1.09. The van der Waals surface area contributed by atoms with Crippen LogP contribution in [0.1, 0.15) is 25.3 Å². The molecule has 2 saturated heterocycles. The SMILES string of the molecule is CCNC(=O)C1(Cc2ccc(-c3cccs3)cc2)CN(C(=O)C2CCCO2)CCO1. The lowest BCUT2D eigenvalue weighted by molar-refractivity contribution is -0.169. The summed E-state index contributed by atoms with van der Waals surface area (Å²) in [6.07, 6.45) is 1.67. The van der Waals surface area contributed by atoms with Gasteiger partial charge in [0, 0.05) is 31.0 Å². The van der Waals surface area contributed by atoms with Gasteiger partial charge in [0.05, 0.1) is 13.2 Å². The number of amides is 2. The Hall–Kier alpha value is -2.22. The third-order valence-corrected chi connectivity index (χ3v) is 6.62. The third-order valence-electron chi connectivity index (χ3n) is 5.70. The molecular weight excluding hydrogens is 400 g/mol. The smallest absolute Gasteiger partial charge is 0.254 e. The van der Waals surface area contributed by atoms with Crippen molar-refractivity contribution in [2.24, 2.45) is 0 Å². The number of hydrogen-bond donors (Lipinski definition) is 1. The van der Waals surface area contributed by atoms with E-state index in [9.17, 15) is 9.59 Å². The lowest BCUT2D eigenvalue weighted by Gasteiger charge is -2.42. The first kappa shape index (κ1) is 21.0. The summed E-state index contributed by atoms with van der Waals surface area (Å²) in [5.74, 6) is -0.199. The molecule has 3 heterocycles. The van der Waals surface area contributed by atoms with E-state index >= 15 is 0 Å². The zero-order valence-corrected chi connectivity index (χ0v) is 18.1. The van der Waals surface area contributed by atoms with Crippen molar-refractivity contribution < 1.29 is 19.1 Å². The Labute approximate surface area is 181 Å². The van der Waals surface area contributed by atoms with Crippen molar-refractivity contribution in [3.8, 4) is 10.4 Å². The minimum absolute atomic E-state index is 0.0301. The van der Waals surface area contributed by atoms with Crippen LogP contribution in [0.3, 0.4) is 0 Å². The number of ether oxygens (including phenoxy) is 2. The van der Waals surface area contributed by atoms with Crippen LogP contribution in [0.2, 0.25) is 0 Å². The quantitative estimate of drug-likeness (QED) is 0.768. The molecule has 0 bridgehead atoms. The average molecular weight is 429 g/mol. The first-order valence-corrected chi connectivity index (χ1v) is 11.4. The molecular formula is C23H28N2O4S. The van der Waals surface area contributed by atoms with Gasteiger partial charge in [-0.2, -0.15) is 0 Å². The van der Waals surface area contributed by atoms with Crippen molar-refractivity contribution in [2.75, 3.05) is 32.8 Å². The molecule has 2 aliphatic heterocycles. The van der Waals surface area contributed by atoms with E-state index in [2.05, 4.69) is 28.9 Å². The van der Waals surface area contributed by atoms with Gasteiger partial charge in [0.15, 0.2) is 5.60 Å². The molecule has 2 aromatic rings. The van der Waals surface area contributed by atoms with E-state index in [4.69, 9.17) is 9.47 Å². The van der Waals surface area contributed by atoms with E-state index in [0.717, 1.165) is 24.0 Å². The molecule has 160 valence electrons. The minimum Gasteiger partial charge on any atom is -0.368 e. The van der Waals surface area contributed by atoms with Crippen LogP contribution in [0.4, 0.5) is 0 Å². The van der Waals surface area contributed by atoms with E-state index in [1.807, 2.05) is 25.1 Å². The second kappa shape index (κ2) is 9.29. The molecule has 0 aliphatic carbocycles. The topological polar surface area (TPSA) is 67.9 Å². The molecule has 1 N–H and O–H groups in total. The molecule has 1 aromatic heterocycles. The number of morpholine rings is 1. The van der Waals surface area contributed by atoms with Crippen LogP contribution in [0.15, 0.2) is 41.8 Å². The summed E-state index contributed by atoms with van der Waals surface area (Å²) >= 11 is 1.70. The number of benzene rings is 1. The Bertz CT molecular complexity index is 862. The number of nitrogens with one attached hydrogen (secondary N) is 1. The van der Waals surface area contributed by atoms with Gasteiger partial charge in [0.1, 0.15) is 6.10 Å². The van der Waals surface area contributed by atoms with E-state index in [1.54, 1.807) is 16.2 Å². The maximum absolute atomic E-state index is 13.1. The van der Waals surface area contributed by atoms with Crippen LogP contribution in [0, 0.1) is 0 Å². The lowest BCUT2D eigenvalue weighted by Crippen LogP contribution is -2.63. The van der Waals surface area contributed by atoms with Crippen molar-refractivity contribution in [2.45, 2.75) is 37.9 Å². The van der Waals surface area contributed by atoms with E-state index in [0.29, 0.717) is 32.7 Å². The third kappa shape index (κ3) is 4.43. The van der Waals surface area contributed by atoms with Gasteiger partial charge in [0.2, 0.25) is 0 Å². The second-order valence-electron chi connectivity index (χ2n) is 7.81. The number of rotatable bonds is 6. The Morgan fingerprint density at radius 1 is 1.23 bits per heavy atom. The number of thiophene rings is 1. The molecule has 1 aromatic carbocycles. The molecule has 0 saturated carbocycles. The molecule has 6 nitrogen and oxygen atoms in total. The highest BCUT2D eigenvalue weighted by atomic mass is 32.1. The molecule has 4 rings (SSSR count). The maximum atomic E-state index is 13.1. The maximum Gasteiger partial charge on any atom is 0.254 e. The highest BCUT2D eigenvalue weighted by molar-refractivity contribution is 7.13. The first-order valence-electron chi connectivity index (χ1n) is 10.6. The van der Waals surface area contributed by atoms with Crippen molar-refractivity contribution >= 4 is 23.2 Å². The highest BCUT2D eigenvalue weighted by Gasteiger charge is 2.46. The van der Waals surface area contributed by atoms with Crippen LogP contribution in [0.5, 0.6) is 0 Å². The van der Waals surface area contributed by atoms with Crippen molar-refractivity contribution in [3.05, 3.63) is 47.3 Å². The number of hydrogen-bond acceptors (Lipinski definition) is 5. The van der Waals surface area contributed by atoms with E-state index in [-0.39, 0.29) is 24.5 Å². The van der Waals surface area contributed by atoms with E-state index in [1.165, 1.54) is 4.88 Å². The van der Waals surface area contributed by atoms with Gasteiger partial charge in [-0.15, -0.1) is 11.3 Å². The molecule has 30 heavy (non-hydrogen) atoms. The summed E-state index contributed by atoms with van der Waals surface area (Å²) in [6.45, 7) is 4.09. The monoisotopic (exact) mass is 428 g/mol. The van der Waals surface area contributed by atoms with Crippen LogP contribution in [-0.4, -0.2) is 61.3 Å². The number of nitrogens with zero attached hydrogens (tertiary/aromatic N) is 1. The lowest BCUT2D eigenvalue weighted by atomic mass is 9.90. The standard InChI is InChI=1S/C23H28N2O4S/c1-2-24-22(27)23(15-17-7-9-18(10-8-17)20-6-4-14-30-20)16-25(11-13-29-23)21(26)19-5-3-12-28-19/h4,6-10,14,19H,2-3,5,11-13,15-16H2,1H3,(H,24,27).